The summed E-state index contributed by atoms with van der Waals surface area (Å²) in [5.41, 5.74) is 4.47. The summed E-state index contributed by atoms with van der Waals surface area (Å²) in [5, 5.41) is 5.29. The van der Waals surface area contributed by atoms with Gasteiger partial charge in [-0.25, -0.2) is 9.97 Å². The average Bonchev–Trinajstić information content (AvgIpc) is 3.92. The minimum Gasteiger partial charge on any atom is -0.371 e. The number of fused-ring (bicyclic) bond motifs is 2. The molecule has 5 amide bonds. The molecule has 1 unspecified atom stereocenters. The molecule has 0 radical (unpaired) electrons. The van der Waals surface area contributed by atoms with Crippen LogP contribution in [0.2, 0.25) is 0 Å². The van der Waals surface area contributed by atoms with Crippen molar-refractivity contribution in [3.8, 4) is 0 Å². The number of aromatic amines is 1. The van der Waals surface area contributed by atoms with Crippen LogP contribution in [0.5, 0.6) is 0 Å². The molecule has 3 N–H and O–H groups in total. The summed E-state index contributed by atoms with van der Waals surface area (Å²) in [6.07, 6.45) is 8.63. The first-order valence-electron chi connectivity index (χ1n) is 21.3. The van der Waals surface area contributed by atoms with E-state index in [1.807, 2.05) is 36.4 Å². The molecule has 9 rings (SSSR count). The molecule has 59 heavy (non-hydrogen) atoms. The smallest absolute Gasteiger partial charge is 0.264 e. The number of rotatable bonds is 11. The van der Waals surface area contributed by atoms with E-state index in [0.717, 1.165) is 118 Å². The molecule has 5 aliphatic rings. The van der Waals surface area contributed by atoms with Crippen LogP contribution < -0.4 is 20.4 Å². The second kappa shape index (κ2) is 16.5. The first-order valence-corrected chi connectivity index (χ1v) is 21.3. The highest BCUT2D eigenvalue weighted by Gasteiger charge is 2.46. The predicted molar refractivity (Wildman–Crippen MR) is 223 cm³/mol. The van der Waals surface area contributed by atoms with Crippen LogP contribution in [-0.2, 0) is 16.1 Å². The molecule has 4 fully saturated rings. The Kier molecular flexibility index (Phi) is 10.9. The average molecular weight is 801 g/mol. The highest BCUT2D eigenvalue weighted by atomic mass is 16.2. The molecule has 308 valence electrons. The lowest BCUT2D eigenvalue weighted by molar-refractivity contribution is -0.136. The minimum absolute atomic E-state index is 0.0988. The molecule has 5 aliphatic heterocycles. The Labute approximate surface area is 343 Å². The molecular formula is C44H52N10O5. The number of piperidine rings is 2. The van der Waals surface area contributed by atoms with Gasteiger partial charge in [0, 0.05) is 63.6 Å². The molecular weight excluding hydrogens is 749 g/mol. The molecule has 0 aliphatic carbocycles. The Bertz CT molecular complexity index is 2260. The zero-order valence-electron chi connectivity index (χ0n) is 33.6. The maximum atomic E-state index is 13.6. The number of imide groups is 2. The first kappa shape index (κ1) is 38.8. The number of nitrogens with zero attached hydrogens (tertiary/aromatic N) is 7. The van der Waals surface area contributed by atoms with Gasteiger partial charge in [-0.15, -0.1) is 0 Å². The van der Waals surface area contributed by atoms with Gasteiger partial charge in [-0.2, -0.15) is 0 Å². The van der Waals surface area contributed by atoms with Crippen molar-refractivity contribution in [1.29, 1.82) is 0 Å². The minimum atomic E-state index is -0.969. The summed E-state index contributed by atoms with van der Waals surface area (Å²) < 4.78 is 0. The molecule has 2 atom stereocenters. The quantitative estimate of drug-likeness (QED) is 0.184. The number of H-pyrrole nitrogens is 1. The van der Waals surface area contributed by atoms with Crippen LogP contribution >= 0.6 is 0 Å². The number of anilines is 3. The lowest BCUT2D eigenvalue weighted by atomic mass is 9.91. The van der Waals surface area contributed by atoms with Crippen molar-refractivity contribution in [2.45, 2.75) is 76.9 Å². The maximum Gasteiger partial charge on any atom is 0.264 e. The summed E-state index contributed by atoms with van der Waals surface area (Å²) in [6.45, 7) is 10.5. The molecule has 2 aromatic carbocycles. The number of carbonyl (C=O) groups is 5. The Morgan fingerprint density at radius 3 is 2.46 bits per heavy atom. The third kappa shape index (κ3) is 8.05. The van der Waals surface area contributed by atoms with Gasteiger partial charge in [0.2, 0.25) is 11.8 Å². The van der Waals surface area contributed by atoms with Crippen LogP contribution in [0.4, 0.5) is 17.2 Å². The van der Waals surface area contributed by atoms with Gasteiger partial charge in [0.05, 0.1) is 40.0 Å². The maximum absolute atomic E-state index is 13.6. The van der Waals surface area contributed by atoms with Gasteiger partial charge >= 0.3 is 0 Å². The van der Waals surface area contributed by atoms with Crippen molar-refractivity contribution < 1.29 is 24.0 Å². The van der Waals surface area contributed by atoms with E-state index < -0.39 is 23.8 Å². The number of benzene rings is 2. The van der Waals surface area contributed by atoms with Crippen molar-refractivity contribution in [1.82, 2.24) is 35.0 Å². The molecule has 7 heterocycles. The summed E-state index contributed by atoms with van der Waals surface area (Å²) >= 11 is 0. The van der Waals surface area contributed by atoms with E-state index in [2.05, 4.69) is 47.1 Å². The molecule has 4 saturated heterocycles. The van der Waals surface area contributed by atoms with Gasteiger partial charge in [0.25, 0.3) is 17.7 Å². The second-order valence-electron chi connectivity index (χ2n) is 16.8. The van der Waals surface area contributed by atoms with Gasteiger partial charge in [-0.3, -0.25) is 44.0 Å². The van der Waals surface area contributed by atoms with Gasteiger partial charge in [-0.05, 0) is 113 Å². The molecule has 15 heteroatoms. The Hall–Kier alpha value is -5.67. The van der Waals surface area contributed by atoms with Crippen molar-refractivity contribution in [3.05, 3.63) is 77.2 Å². The van der Waals surface area contributed by atoms with Gasteiger partial charge in [0.1, 0.15) is 17.7 Å². The summed E-state index contributed by atoms with van der Waals surface area (Å²) in [4.78, 5) is 87.6. The fourth-order valence-electron chi connectivity index (χ4n) is 9.57. The van der Waals surface area contributed by atoms with Crippen molar-refractivity contribution in [2.75, 3.05) is 67.5 Å². The number of imidazole rings is 1. The van der Waals surface area contributed by atoms with E-state index in [1.165, 1.54) is 12.8 Å². The van der Waals surface area contributed by atoms with Crippen LogP contribution in [0.25, 0.3) is 11.0 Å². The molecule has 0 spiro atoms. The number of carbonyl (C=O) groups excluding carboxylic acids is 5. The van der Waals surface area contributed by atoms with E-state index in [4.69, 9.17) is 4.98 Å². The van der Waals surface area contributed by atoms with Gasteiger partial charge < -0.3 is 20.1 Å². The lowest BCUT2D eigenvalue weighted by Gasteiger charge is -2.36. The molecule has 15 nitrogen and oxygen atoms in total. The third-order valence-electron chi connectivity index (χ3n) is 13.0. The first-order chi connectivity index (χ1) is 28.7. The van der Waals surface area contributed by atoms with Crippen molar-refractivity contribution in [3.63, 3.8) is 0 Å². The van der Waals surface area contributed by atoms with Gasteiger partial charge in [0.15, 0.2) is 0 Å². The van der Waals surface area contributed by atoms with Crippen LogP contribution in [0, 0.1) is 5.92 Å². The number of pyridine rings is 1. The Morgan fingerprint density at radius 1 is 0.881 bits per heavy atom. The highest BCUT2D eigenvalue weighted by Crippen LogP contribution is 2.36. The van der Waals surface area contributed by atoms with Crippen LogP contribution in [0.1, 0.15) is 95.2 Å². The molecule has 4 aromatic rings. The SMILES string of the molecule is C[C@H]1CCCN1Cc1nc2ccc(NC(=O)c3ccc(N4CCN(CCCC5CCN(c6cccc7c6C(=O)N(C6CCC(=O)NC6=O)C7=O)CC5)CC4)nc3)cc2[nH]1. The number of likely N-dealkylation sites (tertiary alicyclic amines) is 1. The topological polar surface area (TPSA) is 167 Å². The van der Waals surface area contributed by atoms with E-state index in [-0.39, 0.29) is 24.7 Å². The fourth-order valence-corrected chi connectivity index (χ4v) is 9.57. The van der Waals surface area contributed by atoms with Crippen molar-refractivity contribution >= 4 is 57.8 Å². The molecule has 0 bridgehead atoms. The number of piperazine rings is 1. The van der Waals surface area contributed by atoms with Gasteiger partial charge in [-0.1, -0.05) is 6.07 Å². The van der Waals surface area contributed by atoms with Crippen molar-refractivity contribution in [2.24, 2.45) is 5.92 Å². The van der Waals surface area contributed by atoms with E-state index in [0.29, 0.717) is 34.3 Å². The standard InChI is InChI=1S/C44H52N10O5/c1-28-5-3-18-53(28)27-37-47-33-11-10-31(25-34(33)48-37)46-41(56)30-9-13-38(45-26-30)52-23-21-50(22-24-52)17-4-6-29-15-19-51(20-16-29)35-8-2-7-32-40(35)44(59)54(43(32)58)36-12-14-39(55)49-42(36)57/h2,7-11,13,25-26,28-29,36H,3-6,12,14-24,27H2,1H3,(H,46,56)(H,47,48)(H,49,55,57)/t28-,36?/m0/s1. The predicted octanol–water partition coefficient (Wildman–Crippen LogP) is 4.41. The molecule has 0 saturated carbocycles. The van der Waals surface area contributed by atoms with Crippen LogP contribution in [0.15, 0.2) is 54.7 Å². The normalized spacial score (nSPS) is 22.1. The number of aromatic nitrogens is 3. The number of hydrogen-bond acceptors (Lipinski definition) is 11. The largest absolute Gasteiger partial charge is 0.371 e. The van der Waals surface area contributed by atoms with E-state index >= 15 is 0 Å². The van der Waals surface area contributed by atoms with Crippen LogP contribution in [0.3, 0.4) is 0 Å². The fraction of sp³-hybridized carbons (Fsp3) is 0.477. The summed E-state index contributed by atoms with van der Waals surface area (Å²) in [5.74, 6) is 0.324. The number of nitrogens with one attached hydrogen (secondary N) is 3. The Morgan fingerprint density at radius 2 is 1.71 bits per heavy atom. The summed E-state index contributed by atoms with van der Waals surface area (Å²) in [6, 6.07) is 14.5. The number of hydrogen-bond donors (Lipinski definition) is 3. The van der Waals surface area contributed by atoms with E-state index in [9.17, 15) is 24.0 Å². The Balaban J connectivity index is 0.704. The monoisotopic (exact) mass is 800 g/mol. The third-order valence-corrected chi connectivity index (χ3v) is 13.0. The lowest BCUT2D eigenvalue weighted by Crippen LogP contribution is -2.54. The summed E-state index contributed by atoms with van der Waals surface area (Å²) in [7, 11) is 0. The number of amides is 5. The molecule has 2 aromatic heterocycles. The highest BCUT2D eigenvalue weighted by molar-refractivity contribution is 6.25. The zero-order valence-corrected chi connectivity index (χ0v) is 33.6. The second-order valence-corrected chi connectivity index (χ2v) is 16.8. The van der Waals surface area contributed by atoms with Crippen LogP contribution in [-0.4, -0.2) is 124 Å². The van der Waals surface area contributed by atoms with E-state index in [1.54, 1.807) is 18.3 Å². The zero-order chi connectivity index (χ0) is 40.6.